The molecule has 28 heavy (non-hydrogen) atoms. The molecular weight excluding hydrogens is 370 g/mol. The molecule has 4 rings (SSSR count). The Morgan fingerprint density at radius 2 is 2.29 bits per heavy atom. The van der Waals surface area contributed by atoms with Gasteiger partial charge in [-0.1, -0.05) is 35.0 Å². The fourth-order valence-electron chi connectivity index (χ4n) is 3.83. The number of likely N-dealkylation sites (tertiary alicyclic amines) is 1. The second-order valence-corrected chi connectivity index (χ2v) is 8.34. The largest absolute Gasteiger partial charge is 0.342 e. The standard InChI is InChI=1S/C22H25N3O2S/c1-16-4-2-5-17(12-16)7-8-21(26)25-10-3-6-18(14-25)13-20-23-22(24-27-20)19-9-11-28-15-19/h2,4-5,9,11-12,15,18H,3,6-8,10,13-14H2,1H3. The Hall–Kier alpha value is -2.47. The van der Waals surface area contributed by atoms with Crippen LogP contribution in [0.15, 0.2) is 45.6 Å². The summed E-state index contributed by atoms with van der Waals surface area (Å²) in [7, 11) is 0. The monoisotopic (exact) mass is 395 g/mol. The van der Waals surface area contributed by atoms with E-state index in [1.807, 2.05) is 21.7 Å². The third-order valence-corrected chi connectivity index (χ3v) is 5.98. The number of piperidine rings is 1. The van der Waals surface area contributed by atoms with E-state index in [9.17, 15) is 4.79 Å². The molecule has 3 aromatic rings. The maximum absolute atomic E-state index is 12.7. The van der Waals surface area contributed by atoms with E-state index in [1.165, 1.54) is 11.1 Å². The Labute approximate surface area is 169 Å². The number of hydrogen-bond donors (Lipinski definition) is 0. The summed E-state index contributed by atoms with van der Waals surface area (Å²) in [5, 5.41) is 8.11. The Kier molecular flexibility index (Phi) is 5.86. The highest BCUT2D eigenvalue weighted by Gasteiger charge is 2.25. The highest BCUT2D eigenvalue weighted by molar-refractivity contribution is 7.08. The molecule has 1 amide bonds. The molecule has 0 aliphatic carbocycles. The van der Waals surface area contributed by atoms with Gasteiger partial charge >= 0.3 is 0 Å². The lowest BCUT2D eigenvalue weighted by atomic mass is 9.94. The van der Waals surface area contributed by atoms with Crippen molar-refractivity contribution >= 4 is 17.2 Å². The molecule has 1 unspecified atom stereocenters. The number of carbonyl (C=O) groups is 1. The topological polar surface area (TPSA) is 59.2 Å². The predicted molar refractivity (Wildman–Crippen MR) is 110 cm³/mol. The summed E-state index contributed by atoms with van der Waals surface area (Å²) in [5.41, 5.74) is 3.47. The Morgan fingerprint density at radius 3 is 3.11 bits per heavy atom. The van der Waals surface area contributed by atoms with Crippen LogP contribution in [0.2, 0.25) is 0 Å². The van der Waals surface area contributed by atoms with Crippen LogP contribution in [-0.4, -0.2) is 34.0 Å². The number of amides is 1. The van der Waals surface area contributed by atoms with Crippen LogP contribution in [0, 0.1) is 12.8 Å². The molecule has 1 aliphatic heterocycles. The number of thiophene rings is 1. The summed E-state index contributed by atoms with van der Waals surface area (Å²) in [6.07, 6.45) is 4.23. The van der Waals surface area contributed by atoms with Gasteiger partial charge in [0.15, 0.2) is 0 Å². The minimum absolute atomic E-state index is 0.246. The summed E-state index contributed by atoms with van der Waals surface area (Å²) in [6.45, 7) is 3.72. The lowest BCUT2D eigenvalue weighted by molar-refractivity contribution is -0.133. The first kappa shape index (κ1) is 18.9. The van der Waals surface area contributed by atoms with Gasteiger partial charge in [-0.3, -0.25) is 4.79 Å². The summed E-state index contributed by atoms with van der Waals surface area (Å²) < 4.78 is 5.44. The van der Waals surface area contributed by atoms with Crippen molar-refractivity contribution in [2.45, 2.75) is 39.0 Å². The average molecular weight is 396 g/mol. The van der Waals surface area contributed by atoms with Gasteiger partial charge in [-0.2, -0.15) is 16.3 Å². The molecule has 3 heterocycles. The zero-order valence-electron chi connectivity index (χ0n) is 16.1. The van der Waals surface area contributed by atoms with Gasteiger partial charge in [0.2, 0.25) is 17.6 Å². The van der Waals surface area contributed by atoms with E-state index in [1.54, 1.807) is 11.3 Å². The summed E-state index contributed by atoms with van der Waals surface area (Å²) in [5.74, 6) is 1.95. The molecule has 0 radical (unpaired) electrons. The molecular formula is C22H25N3O2S. The van der Waals surface area contributed by atoms with Crippen molar-refractivity contribution in [2.24, 2.45) is 5.92 Å². The van der Waals surface area contributed by atoms with Crippen LogP contribution in [0.5, 0.6) is 0 Å². The van der Waals surface area contributed by atoms with Gasteiger partial charge in [-0.05, 0) is 49.1 Å². The van der Waals surface area contributed by atoms with E-state index in [0.29, 0.717) is 24.1 Å². The van der Waals surface area contributed by atoms with Gasteiger partial charge in [0.1, 0.15) is 0 Å². The molecule has 0 bridgehead atoms. The van der Waals surface area contributed by atoms with E-state index in [-0.39, 0.29) is 5.91 Å². The Bertz CT molecular complexity index is 920. The van der Waals surface area contributed by atoms with Gasteiger partial charge < -0.3 is 9.42 Å². The van der Waals surface area contributed by atoms with Gasteiger partial charge in [0.05, 0.1) is 0 Å². The lowest BCUT2D eigenvalue weighted by Crippen LogP contribution is -2.40. The molecule has 0 saturated carbocycles. The van der Waals surface area contributed by atoms with Crippen LogP contribution in [0.4, 0.5) is 0 Å². The minimum atomic E-state index is 0.246. The van der Waals surface area contributed by atoms with E-state index in [0.717, 1.165) is 44.3 Å². The number of nitrogens with zero attached hydrogens (tertiary/aromatic N) is 3. The van der Waals surface area contributed by atoms with Crippen LogP contribution in [0.25, 0.3) is 11.4 Å². The fraction of sp³-hybridized carbons (Fsp3) is 0.409. The maximum Gasteiger partial charge on any atom is 0.227 e. The number of hydrogen-bond acceptors (Lipinski definition) is 5. The third kappa shape index (κ3) is 4.68. The van der Waals surface area contributed by atoms with E-state index in [2.05, 4.69) is 41.3 Å². The first-order valence-electron chi connectivity index (χ1n) is 9.86. The fourth-order valence-corrected chi connectivity index (χ4v) is 4.46. The van der Waals surface area contributed by atoms with Crippen LogP contribution < -0.4 is 0 Å². The number of carbonyl (C=O) groups excluding carboxylic acids is 1. The van der Waals surface area contributed by atoms with Crippen molar-refractivity contribution < 1.29 is 9.32 Å². The van der Waals surface area contributed by atoms with Gasteiger partial charge in [-0.15, -0.1) is 0 Å². The summed E-state index contributed by atoms with van der Waals surface area (Å²) >= 11 is 1.62. The van der Waals surface area contributed by atoms with Crippen molar-refractivity contribution in [2.75, 3.05) is 13.1 Å². The molecule has 1 fully saturated rings. The molecule has 1 saturated heterocycles. The third-order valence-electron chi connectivity index (χ3n) is 5.29. The molecule has 146 valence electrons. The Balaban J connectivity index is 1.30. The van der Waals surface area contributed by atoms with Gasteiger partial charge in [-0.25, -0.2) is 0 Å². The Morgan fingerprint density at radius 1 is 1.36 bits per heavy atom. The van der Waals surface area contributed by atoms with Crippen molar-refractivity contribution in [3.05, 3.63) is 58.1 Å². The summed E-state index contributed by atoms with van der Waals surface area (Å²) in [4.78, 5) is 19.2. The van der Waals surface area contributed by atoms with Crippen molar-refractivity contribution in [3.8, 4) is 11.4 Å². The normalized spacial score (nSPS) is 17.0. The van der Waals surface area contributed by atoms with Crippen molar-refractivity contribution in [3.63, 3.8) is 0 Å². The zero-order valence-corrected chi connectivity index (χ0v) is 17.0. The van der Waals surface area contributed by atoms with Crippen molar-refractivity contribution in [1.82, 2.24) is 15.0 Å². The van der Waals surface area contributed by atoms with Gasteiger partial charge in [0.25, 0.3) is 0 Å². The highest BCUT2D eigenvalue weighted by Crippen LogP contribution is 2.23. The molecule has 1 aliphatic rings. The van der Waals surface area contributed by atoms with Crippen LogP contribution >= 0.6 is 11.3 Å². The molecule has 1 aromatic carbocycles. The van der Waals surface area contributed by atoms with Crippen LogP contribution in [0.3, 0.4) is 0 Å². The molecule has 0 N–H and O–H groups in total. The quantitative estimate of drug-likeness (QED) is 0.616. The predicted octanol–water partition coefficient (Wildman–Crippen LogP) is 4.52. The molecule has 6 heteroatoms. The van der Waals surface area contributed by atoms with Crippen LogP contribution in [-0.2, 0) is 17.6 Å². The maximum atomic E-state index is 12.7. The molecule has 1 atom stereocenters. The molecule has 0 spiro atoms. The lowest BCUT2D eigenvalue weighted by Gasteiger charge is -2.32. The summed E-state index contributed by atoms with van der Waals surface area (Å²) in [6, 6.07) is 10.4. The number of benzene rings is 1. The van der Waals surface area contributed by atoms with E-state index < -0.39 is 0 Å². The smallest absolute Gasteiger partial charge is 0.227 e. The first-order chi connectivity index (χ1) is 13.7. The second kappa shape index (κ2) is 8.69. The average Bonchev–Trinajstić information content (AvgIpc) is 3.38. The van der Waals surface area contributed by atoms with E-state index >= 15 is 0 Å². The zero-order chi connectivity index (χ0) is 19.3. The second-order valence-electron chi connectivity index (χ2n) is 7.56. The van der Waals surface area contributed by atoms with Gasteiger partial charge in [0, 0.05) is 36.9 Å². The number of aromatic nitrogens is 2. The minimum Gasteiger partial charge on any atom is -0.342 e. The first-order valence-corrected chi connectivity index (χ1v) is 10.8. The SMILES string of the molecule is Cc1cccc(CCC(=O)N2CCCC(Cc3nc(-c4ccsc4)no3)C2)c1. The van der Waals surface area contributed by atoms with Crippen molar-refractivity contribution in [1.29, 1.82) is 0 Å². The van der Waals surface area contributed by atoms with Crippen LogP contribution in [0.1, 0.15) is 36.3 Å². The molecule has 2 aromatic heterocycles. The van der Waals surface area contributed by atoms with E-state index in [4.69, 9.17) is 4.52 Å². The molecule has 5 nitrogen and oxygen atoms in total. The number of aryl methyl sites for hydroxylation is 2. The highest BCUT2D eigenvalue weighted by atomic mass is 32.1. The number of rotatable bonds is 6.